The number of hydrogen-bond donors (Lipinski definition) is 2. The molecule has 14 nitrogen and oxygen atoms in total. The average molecular weight is 926 g/mol. The highest BCUT2D eigenvalue weighted by atomic mass is 32.1. The first kappa shape index (κ1) is 45.8. The second kappa shape index (κ2) is 19.8. The molecule has 15 heteroatoms. The molecule has 348 valence electrons. The lowest BCUT2D eigenvalue weighted by Gasteiger charge is -2.32. The quantitative estimate of drug-likeness (QED) is 0.0613. The van der Waals surface area contributed by atoms with Crippen LogP contribution in [0.3, 0.4) is 0 Å². The highest BCUT2D eigenvalue weighted by molar-refractivity contribution is 7.81. The Kier molecular flexibility index (Phi) is 13.5. The monoisotopic (exact) mass is 925 g/mol. The molecular formula is C52H55N5O9S. The van der Waals surface area contributed by atoms with E-state index in [0.717, 1.165) is 39.3 Å². The summed E-state index contributed by atoms with van der Waals surface area (Å²) >= 11 is 4.91. The number of methoxy groups -OCH3 is 2. The van der Waals surface area contributed by atoms with E-state index in [-0.39, 0.29) is 53.4 Å². The standard InChI is InChI=1S/C52H55N5O9S/c1-52(2,67)32-55(13-14-63-17-18-64-16-15-61-3)37-20-33(30-65-47-26-42-40(24-46(47)58)50(59)56-38(28-53-42)22-35-9-5-7-11-44(35)56)19-34(21-37)31-66-49-27-43-41(25-48(49)62-4)51(60)57-39(29-54-43)23-36-10-6-8-12-45(36)57/h5-12,19-21,24-29,38-39,58,67H,13-18,22-23,30-32H2,1-4H3/t38-,39-/m0/s1. The van der Waals surface area contributed by atoms with Crippen molar-refractivity contribution in [3.05, 3.63) is 124 Å². The first-order valence-corrected chi connectivity index (χ1v) is 22.9. The normalized spacial score (nSPS) is 16.7. The number of carbonyl (C=O) groups excluding carboxylic acids is 2. The zero-order valence-corrected chi connectivity index (χ0v) is 39.0. The molecule has 9 rings (SSSR count). The van der Waals surface area contributed by atoms with Crippen LogP contribution in [0.4, 0.5) is 28.4 Å². The van der Waals surface area contributed by atoms with Gasteiger partial charge in [0.15, 0.2) is 23.0 Å². The molecule has 5 aromatic carbocycles. The van der Waals surface area contributed by atoms with Crippen LogP contribution >= 0.6 is 12.6 Å². The highest BCUT2D eigenvalue weighted by Crippen LogP contribution is 2.43. The van der Waals surface area contributed by atoms with E-state index in [0.29, 0.717) is 93.0 Å². The van der Waals surface area contributed by atoms with Crippen molar-refractivity contribution in [3.63, 3.8) is 0 Å². The number of anilines is 3. The fourth-order valence-electron chi connectivity index (χ4n) is 9.05. The van der Waals surface area contributed by atoms with E-state index in [9.17, 15) is 14.7 Å². The van der Waals surface area contributed by atoms with Crippen LogP contribution in [0.1, 0.15) is 56.8 Å². The Balaban J connectivity index is 0.980. The number of nitrogens with zero attached hydrogens (tertiary/aromatic N) is 5. The third-order valence-electron chi connectivity index (χ3n) is 12.1. The molecule has 4 heterocycles. The van der Waals surface area contributed by atoms with Crippen LogP contribution < -0.4 is 28.9 Å². The Morgan fingerprint density at radius 2 is 1.22 bits per heavy atom. The van der Waals surface area contributed by atoms with Gasteiger partial charge in [-0.3, -0.25) is 29.4 Å². The Hall–Kier alpha value is -6.39. The number of rotatable bonds is 19. The van der Waals surface area contributed by atoms with Crippen molar-refractivity contribution in [2.45, 2.75) is 56.7 Å². The Bertz CT molecular complexity index is 2720. The number of aliphatic imine (C=N–C) groups is 2. The molecule has 2 amide bonds. The summed E-state index contributed by atoms with van der Waals surface area (Å²) in [5, 5.41) is 11.3. The van der Waals surface area contributed by atoms with Gasteiger partial charge in [-0.2, -0.15) is 12.6 Å². The van der Waals surface area contributed by atoms with Gasteiger partial charge in [-0.25, -0.2) is 0 Å². The van der Waals surface area contributed by atoms with Crippen LogP contribution in [0.2, 0.25) is 0 Å². The van der Waals surface area contributed by atoms with E-state index in [4.69, 9.17) is 51.0 Å². The molecule has 67 heavy (non-hydrogen) atoms. The van der Waals surface area contributed by atoms with Crippen LogP contribution in [-0.4, -0.2) is 107 Å². The molecule has 0 spiro atoms. The minimum Gasteiger partial charge on any atom is -0.504 e. The van der Waals surface area contributed by atoms with E-state index < -0.39 is 0 Å². The Morgan fingerprint density at radius 1 is 0.687 bits per heavy atom. The number of aromatic hydroxyl groups is 1. The van der Waals surface area contributed by atoms with Crippen molar-refractivity contribution < 1.29 is 43.1 Å². The fourth-order valence-corrected chi connectivity index (χ4v) is 9.22. The van der Waals surface area contributed by atoms with Gasteiger partial charge in [-0.15, -0.1) is 0 Å². The molecule has 0 unspecified atom stereocenters. The number of carbonyl (C=O) groups is 2. The molecule has 0 aromatic heterocycles. The Labute approximate surface area is 396 Å². The molecule has 0 radical (unpaired) electrons. The second-order valence-electron chi connectivity index (χ2n) is 17.6. The maximum atomic E-state index is 14.1. The first-order chi connectivity index (χ1) is 32.5. The van der Waals surface area contributed by atoms with E-state index in [1.807, 2.05) is 66.9 Å². The molecule has 4 aliphatic heterocycles. The van der Waals surface area contributed by atoms with Gasteiger partial charge in [0.1, 0.15) is 13.2 Å². The molecule has 2 atom stereocenters. The summed E-state index contributed by atoms with van der Waals surface area (Å²) in [6.07, 6.45) is 4.98. The van der Waals surface area contributed by atoms with Crippen molar-refractivity contribution in [2.24, 2.45) is 9.98 Å². The maximum Gasteiger partial charge on any atom is 0.261 e. The van der Waals surface area contributed by atoms with Crippen LogP contribution in [0.5, 0.6) is 23.0 Å². The van der Waals surface area contributed by atoms with E-state index in [1.165, 1.54) is 6.07 Å². The lowest BCUT2D eigenvalue weighted by atomic mass is 10.1. The van der Waals surface area contributed by atoms with Crippen molar-refractivity contribution in [1.82, 2.24) is 0 Å². The number of phenolic OH excluding ortho intramolecular Hbond substituents is 1. The highest BCUT2D eigenvalue weighted by Gasteiger charge is 2.38. The Morgan fingerprint density at radius 3 is 1.81 bits per heavy atom. The molecular weight excluding hydrogens is 871 g/mol. The van der Waals surface area contributed by atoms with Crippen LogP contribution in [-0.2, 0) is 40.3 Å². The van der Waals surface area contributed by atoms with Crippen molar-refractivity contribution in [1.29, 1.82) is 0 Å². The number of hydrogen-bond acceptors (Lipinski definition) is 13. The number of benzene rings is 5. The fraction of sp³-hybridized carbons (Fsp3) is 0.346. The minimum absolute atomic E-state index is 0.0696. The predicted molar refractivity (Wildman–Crippen MR) is 263 cm³/mol. The molecule has 0 saturated heterocycles. The number of fused-ring (bicyclic) bond motifs is 8. The van der Waals surface area contributed by atoms with E-state index in [2.05, 4.69) is 24.8 Å². The van der Waals surface area contributed by atoms with Gasteiger partial charge in [0, 0.05) is 79.4 Å². The van der Waals surface area contributed by atoms with E-state index >= 15 is 0 Å². The van der Waals surface area contributed by atoms with Crippen molar-refractivity contribution >= 4 is 65.3 Å². The smallest absolute Gasteiger partial charge is 0.261 e. The molecule has 4 aliphatic rings. The lowest BCUT2D eigenvalue weighted by Crippen LogP contribution is -2.37. The summed E-state index contributed by atoms with van der Waals surface area (Å²) in [6.45, 7) is 7.80. The number of ether oxygens (including phenoxy) is 6. The van der Waals surface area contributed by atoms with Gasteiger partial charge in [-0.1, -0.05) is 36.4 Å². The zero-order chi connectivity index (χ0) is 46.7. The lowest BCUT2D eigenvalue weighted by molar-refractivity contribution is 0.0264. The molecule has 0 fully saturated rings. The number of phenols is 1. The van der Waals surface area contributed by atoms with Gasteiger partial charge in [0.2, 0.25) is 0 Å². The minimum atomic E-state index is -0.376. The van der Waals surface area contributed by atoms with Crippen LogP contribution in [0.25, 0.3) is 0 Å². The van der Waals surface area contributed by atoms with E-state index in [1.54, 1.807) is 48.4 Å². The summed E-state index contributed by atoms with van der Waals surface area (Å²) < 4.78 is 35.0. The predicted octanol–water partition coefficient (Wildman–Crippen LogP) is 8.33. The summed E-state index contributed by atoms with van der Waals surface area (Å²) in [5.74, 6) is 0.476. The molecule has 0 saturated carbocycles. The van der Waals surface area contributed by atoms with Crippen LogP contribution in [0, 0.1) is 0 Å². The number of amides is 2. The van der Waals surface area contributed by atoms with Gasteiger partial charge in [0.25, 0.3) is 11.8 Å². The molecule has 1 N–H and O–H groups in total. The summed E-state index contributed by atoms with van der Waals surface area (Å²) in [6, 6.07) is 28.0. The molecule has 0 bridgehead atoms. The van der Waals surface area contributed by atoms with Gasteiger partial charge >= 0.3 is 0 Å². The molecule has 5 aromatic rings. The SMILES string of the molecule is COCCOCCOCCN(CC(C)(C)S)c1cc(COc2cc3c(cc2O)C(=O)N2c4ccccc4C[C@H]2C=N3)cc(COc2cc3c(cc2OC)C(=O)N2c4ccccc4C[C@H]2C=N3)c1. The van der Waals surface area contributed by atoms with Gasteiger partial charge in [0.05, 0.1) is 74.7 Å². The van der Waals surface area contributed by atoms with Crippen molar-refractivity contribution in [3.8, 4) is 23.0 Å². The van der Waals surface area contributed by atoms with Gasteiger partial charge < -0.3 is 38.4 Å². The second-order valence-corrected chi connectivity index (χ2v) is 18.8. The van der Waals surface area contributed by atoms with Crippen LogP contribution in [0.15, 0.2) is 101 Å². The molecule has 0 aliphatic carbocycles. The topological polar surface area (TPSA) is 144 Å². The summed E-state index contributed by atoms with van der Waals surface area (Å²) in [5.41, 5.74) is 8.06. The van der Waals surface area contributed by atoms with Crippen molar-refractivity contribution in [2.75, 3.05) is 75.0 Å². The first-order valence-electron chi connectivity index (χ1n) is 22.5. The number of para-hydroxylation sites is 2. The largest absolute Gasteiger partial charge is 0.504 e. The summed E-state index contributed by atoms with van der Waals surface area (Å²) in [4.78, 5) is 43.3. The number of thiol groups is 1. The third kappa shape index (κ3) is 10.0. The maximum absolute atomic E-state index is 14.1. The summed E-state index contributed by atoms with van der Waals surface area (Å²) in [7, 11) is 3.19. The van der Waals surface area contributed by atoms with Gasteiger partial charge in [-0.05, 0) is 78.6 Å². The zero-order valence-electron chi connectivity index (χ0n) is 38.1. The average Bonchev–Trinajstić information content (AvgIpc) is 3.81. The third-order valence-corrected chi connectivity index (χ3v) is 12.3.